The van der Waals surface area contributed by atoms with Crippen molar-refractivity contribution >= 4 is 5.91 Å². The van der Waals surface area contributed by atoms with Crippen LogP contribution in [0, 0.1) is 11.8 Å². The van der Waals surface area contributed by atoms with E-state index in [-0.39, 0.29) is 5.92 Å². The summed E-state index contributed by atoms with van der Waals surface area (Å²) < 4.78 is 0. The van der Waals surface area contributed by atoms with E-state index in [9.17, 15) is 4.79 Å². The van der Waals surface area contributed by atoms with Crippen LogP contribution in [-0.4, -0.2) is 29.9 Å². The van der Waals surface area contributed by atoms with E-state index in [1.807, 2.05) is 6.92 Å². The van der Waals surface area contributed by atoms with E-state index in [1.165, 1.54) is 38.5 Å². The third-order valence-electron chi connectivity index (χ3n) is 4.30. The Morgan fingerprint density at radius 2 is 2.00 bits per heavy atom. The van der Waals surface area contributed by atoms with Gasteiger partial charge in [-0.15, -0.1) is 0 Å². The number of amides is 1. The average Bonchev–Trinajstić information content (AvgIpc) is 2.36. The minimum absolute atomic E-state index is 0.000626. The maximum atomic E-state index is 12.2. The Kier molecular flexibility index (Phi) is 3.85. The van der Waals surface area contributed by atoms with Crippen molar-refractivity contribution in [2.24, 2.45) is 17.6 Å². The molecule has 3 nitrogen and oxygen atoms in total. The molecule has 0 aromatic rings. The minimum Gasteiger partial charge on any atom is -0.339 e. The van der Waals surface area contributed by atoms with Gasteiger partial charge in [0, 0.05) is 25.0 Å². The van der Waals surface area contributed by atoms with Crippen LogP contribution >= 0.6 is 0 Å². The van der Waals surface area contributed by atoms with E-state index in [4.69, 9.17) is 5.73 Å². The summed E-state index contributed by atoms with van der Waals surface area (Å²) >= 11 is 0. The van der Waals surface area contributed by atoms with Crippen LogP contribution in [0.15, 0.2) is 0 Å². The van der Waals surface area contributed by atoms with E-state index < -0.39 is 0 Å². The molecular formula is C13H24N2O. The van der Waals surface area contributed by atoms with Crippen LogP contribution in [0.3, 0.4) is 0 Å². The molecule has 3 heteroatoms. The van der Waals surface area contributed by atoms with E-state index >= 15 is 0 Å². The topological polar surface area (TPSA) is 46.3 Å². The van der Waals surface area contributed by atoms with Crippen LogP contribution < -0.4 is 5.73 Å². The van der Waals surface area contributed by atoms with Crippen LogP contribution in [0.2, 0.25) is 0 Å². The van der Waals surface area contributed by atoms with E-state index in [0.29, 0.717) is 18.5 Å². The van der Waals surface area contributed by atoms with Gasteiger partial charge in [-0.3, -0.25) is 4.79 Å². The van der Waals surface area contributed by atoms with Crippen molar-refractivity contribution in [2.45, 2.75) is 51.5 Å². The first-order chi connectivity index (χ1) is 7.74. The van der Waals surface area contributed by atoms with Crippen LogP contribution in [0.5, 0.6) is 0 Å². The van der Waals surface area contributed by atoms with Crippen molar-refractivity contribution in [2.75, 3.05) is 13.1 Å². The number of carbonyl (C=O) groups is 1. The number of rotatable bonds is 2. The van der Waals surface area contributed by atoms with Gasteiger partial charge in [0.25, 0.3) is 0 Å². The molecule has 16 heavy (non-hydrogen) atoms. The Hall–Kier alpha value is -0.570. The van der Waals surface area contributed by atoms with Crippen LogP contribution in [0.1, 0.15) is 45.4 Å². The molecule has 2 fully saturated rings. The monoisotopic (exact) mass is 224 g/mol. The Morgan fingerprint density at radius 1 is 1.31 bits per heavy atom. The van der Waals surface area contributed by atoms with Gasteiger partial charge < -0.3 is 10.6 Å². The Bertz CT molecular complexity index is 252. The molecule has 1 saturated heterocycles. The quantitative estimate of drug-likeness (QED) is 0.777. The van der Waals surface area contributed by atoms with Gasteiger partial charge in [-0.05, 0) is 31.6 Å². The molecule has 1 unspecified atom stereocenters. The van der Waals surface area contributed by atoms with Crippen molar-refractivity contribution in [3.05, 3.63) is 0 Å². The van der Waals surface area contributed by atoms with E-state index in [1.54, 1.807) is 0 Å². The summed E-state index contributed by atoms with van der Waals surface area (Å²) in [6.07, 6.45) is 7.70. The molecule has 1 aliphatic carbocycles. The van der Waals surface area contributed by atoms with Crippen molar-refractivity contribution in [3.8, 4) is 0 Å². The molecule has 0 aromatic heterocycles. The molecular weight excluding hydrogens is 200 g/mol. The van der Waals surface area contributed by atoms with Crippen molar-refractivity contribution in [1.29, 1.82) is 0 Å². The maximum absolute atomic E-state index is 12.2. The molecule has 3 atom stereocenters. The molecule has 0 spiro atoms. The van der Waals surface area contributed by atoms with Gasteiger partial charge in [0.05, 0.1) is 0 Å². The number of nitrogens with zero attached hydrogens (tertiary/aromatic N) is 1. The number of carbonyl (C=O) groups excluding carboxylic acids is 1. The third-order valence-corrected chi connectivity index (χ3v) is 4.30. The number of hydrogen-bond acceptors (Lipinski definition) is 2. The first-order valence-electron chi connectivity index (χ1n) is 6.74. The first kappa shape index (κ1) is 11.9. The Labute approximate surface area is 98.4 Å². The van der Waals surface area contributed by atoms with Gasteiger partial charge in [0.2, 0.25) is 5.91 Å². The second-order valence-corrected chi connectivity index (χ2v) is 5.42. The molecule has 1 aliphatic heterocycles. The lowest BCUT2D eigenvalue weighted by atomic mass is 9.78. The fourth-order valence-electron chi connectivity index (χ4n) is 3.28. The molecule has 2 aliphatic rings. The summed E-state index contributed by atoms with van der Waals surface area (Å²) in [6, 6.07) is 0.531. The summed E-state index contributed by atoms with van der Waals surface area (Å²) in [4.78, 5) is 14.4. The summed E-state index contributed by atoms with van der Waals surface area (Å²) in [5.41, 5.74) is 5.60. The zero-order valence-corrected chi connectivity index (χ0v) is 10.3. The molecule has 0 radical (unpaired) electrons. The predicted octanol–water partition coefficient (Wildman–Crippen LogP) is 1.76. The highest BCUT2D eigenvalue weighted by atomic mass is 16.2. The van der Waals surface area contributed by atoms with Crippen molar-refractivity contribution < 1.29 is 4.79 Å². The van der Waals surface area contributed by atoms with Gasteiger partial charge in [0.1, 0.15) is 0 Å². The standard InChI is InChI=1S/C13H24N2O/c1-10(9-14)13(16)15-8-4-6-11-5-2-3-7-12(11)15/h10-12H,2-9,14H2,1H3/t10?,11-,12-/m1/s1. The average molecular weight is 224 g/mol. The molecule has 2 N–H and O–H groups in total. The summed E-state index contributed by atoms with van der Waals surface area (Å²) in [7, 11) is 0. The van der Waals surface area contributed by atoms with Crippen LogP contribution in [0.4, 0.5) is 0 Å². The second kappa shape index (κ2) is 5.17. The number of likely N-dealkylation sites (tertiary alicyclic amines) is 1. The molecule has 0 bridgehead atoms. The SMILES string of the molecule is CC(CN)C(=O)N1CCC[C@H]2CCCC[C@H]21. The highest BCUT2D eigenvalue weighted by molar-refractivity contribution is 5.79. The van der Waals surface area contributed by atoms with Crippen LogP contribution in [0.25, 0.3) is 0 Å². The van der Waals surface area contributed by atoms with Gasteiger partial charge in [-0.2, -0.15) is 0 Å². The van der Waals surface area contributed by atoms with E-state index in [2.05, 4.69) is 4.90 Å². The molecule has 0 aromatic carbocycles. The number of fused-ring (bicyclic) bond motifs is 1. The van der Waals surface area contributed by atoms with Crippen molar-refractivity contribution in [1.82, 2.24) is 4.90 Å². The normalized spacial score (nSPS) is 32.0. The molecule has 1 heterocycles. The first-order valence-corrected chi connectivity index (χ1v) is 6.74. The molecule has 1 saturated carbocycles. The highest BCUT2D eigenvalue weighted by Crippen LogP contribution is 2.35. The Balaban J connectivity index is 2.04. The zero-order valence-electron chi connectivity index (χ0n) is 10.3. The zero-order chi connectivity index (χ0) is 11.5. The smallest absolute Gasteiger partial charge is 0.226 e. The van der Waals surface area contributed by atoms with E-state index in [0.717, 1.165) is 12.5 Å². The molecule has 2 rings (SSSR count). The number of hydrogen-bond donors (Lipinski definition) is 1. The Morgan fingerprint density at radius 3 is 2.75 bits per heavy atom. The summed E-state index contributed by atoms with van der Waals surface area (Å²) in [5.74, 6) is 1.07. The largest absolute Gasteiger partial charge is 0.339 e. The second-order valence-electron chi connectivity index (χ2n) is 5.42. The molecule has 92 valence electrons. The lowest BCUT2D eigenvalue weighted by molar-refractivity contribution is -0.141. The lowest BCUT2D eigenvalue weighted by Crippen LogP contribution is -2.52. The fraction of sp³-hybridized carbons (Fsp3) is 0.923. The summed E-state index contributed by atoms with van der Waals surface area (Å²) in [6.45, 7) is 3.39. The lowest BCUT2D eigenvalue weighted by Gasteiger charge is -2.45. The van der Waals surface area contributed by atoms with Gasteiger partial charge in [0.15, 0.2) is 0 Å². The van der Waals surface area contributed by atoms with Gasteiger partial charge in [-0.1, -0.05) is 19.8 Å². The number of nitrogens with two attached hydrogens (primary N) is 1. The van der Waals surface area contributed by atoms with Crippen molar-refractivity contribution in [3.63, 3.8) is 0 Å². The minimum atomic E-state index is 0.000626. The number of piperidine rings is 1. The van der Waals surface area contributed by atoms with Gasteiger partial charge >= 0.3 is 0 Å². The fourth-order valence-corrected chi connectivity index (χ4v) is 3.28. The van der Waals surface area contributed by atoms with Crippen LogP contribution in [-0.2, 0) is 4.79 Å². The van der Waals surface area contributed by atoms with Gasteiger partial charge in [-0.25, -0.2) is 0 Å². The highest BCUT2D eigenvalue weighted by Gasteiger charge is 2.36. The molecule has 1 amide bonds. The predicted molar refractivity (Wildman–Crippen MR) is 64.9 cm³/mol. The maximum Gasteiger partial charge on any atom is 0.226 e. The summed E-state index contributed by atoms with van der Waals surface area (Å²) in [5, 5.41) is 0. The third kappa shape index (κ3) is 2.24.